The van der Waals surface area contributed by atoms with Gasteiger partial charge in [0.2, 0.25) is 0 Å². The lowest BCUT2D eigenvalue weighted by atomic mass is 10.1. The molecule has 1 aliphatic heterocycles. The molecule has 0 fully saturated rings. The molecule has 0 bridgehead atoms. The Kier molecular flexibility index (Phi) is 2.62. The Morgan fingerprint density at radius 1 is 1.18 bits per heavy atom. The molecule has 0 aromatic carbocycles. The predicted octanol–water partition coefficient (Wildman–Crippen LogP) is 3.15. The largest absolute Gasteiger partial charge is 0.368 e. The molecule has 0 spiro atoms. The Hall–Kier alpha value is -1.72. The summed E-state index contributed by atoms with van der Waals surface area (Å²) in [7, 11) is 0. The number of carbonyl (C=O) groups excluding carboxylic acids is 1. The average molecular weight is 261 g/mol. The van der Waals surface area contributed by atoms with Crippen LogP contribution in [0.5, 0.6) is 0 Å². The van der Waals surface area contributed by atoms with Crippen LogP contribution in [0.15, 0.2) is 45.8 Å². The summed E-state index contributed by atoms with van der Waals surface area (Å²) >= 11 is 3.11. The van der Waals surface area contributed by atoms with Crippen LogP contribution in [0.1, 0.15) is 9.75 Å². The number of rotatable bonds is 2. The fraction of sp³-hybridized carbons (Fsp3) is 0. The summed E-state index contributed by atoms with van der Waals surface area (Å²) in [5, 5.41) is 7.75. The summed E-state index contributed by atoms with van der Waals surface area (Å²) in [6, 6.07) is 7.75. The van der Waals surface area contributed by atoms with Crippen molar-refractivity contribution in [2.24, 2.45) is 5.16 Å². The number of oxime groups is 1. The van der Waals surface area contributed by atoms with Gasteiger partial charge in [-0.25, -0.2) is 4.79 Å². The first-order chi connectivity index (χ1) is 8.34. The molecule has 2 aromatic rings. The molecule has 0 radical (unpaired) electrons. The van der Waals surface area contributed by atoms with Gasteiger partial charge < -0.3 is 4.84 Å². The first-order valence-corrected chi connectivity index (χ1v) is 6.69. The number of nitrogens with zero attached hydrogens (tertiary/aromatic N) is 1. The summed E-state index contributed by atoms with van der Waals surface area (Å²) in [6.07, 6.45) is 1.82. The minimum Gasteiger partial charge on any atom is -0.312 e. The van der Waals surface area contributed by atoms with Crippen molar-refractivity contribution in [2.45, 2.75) is 0 Å². The van der Waals surface area contributed by atoms with E-state index in [4.69, 9.17) is 4.84 Å². The molecule has 3 nitrogen and oxygen atoms in total. The Bertz CT molecular complexity index is 595. The topological polar surface area (TPSA) is 38.7 Å². The van der Waals surface area contributed by atoms with Gasteiger partial charge in [-0.1, -0.05) is 17.3 Å². The van der Waals surface area contributed by atoms with Crippen molar-refractivity contribution in [2.75, 3.05) is 0 Å². The molecular formula is C12H7NO2S2. The van der Waals surface area contributed by atoms with E-state index >= 15 is 0 Å². The van der Waals surface area contributed by atoms with Gasteiger partial charge in [-0.05, 0) is 29.0 Å². The average Bonchev–Trinajstić information content (AvgIpc) is 3.03. The van der Waals surface area contributed by atoms with Crippen LogP contribution in [0.25, 0.3) is 6.08 Å². The van der Waals surface area contributed by atoms with E-state index in [-0.39, 0.29) is 5.97 Å². The van der Waals surface area contributed by atoms with Crippen molar-refractivity contribution >= 4 is 40.4 Å². The molecule has 3 heterocycles. The number of hydrogen-bond donors (Lipinski definition) is 0. The molecule has 0 amide bonds. The molecule has 2 aromatic heterocycles. The fourth-order valence-electron chi connectivity index (χ4n) is 1.52. The van der Waals surface area contributed by atoms with Gasteiger partial charge >= 0.3 is 5.97 Å². The van der Waals surface area contributed by atoms with Crippen LogP contribution in [0.4, 0.5) is 0 Å². The zero-order valence-corrected chi connectivity index (χ0v) is 10.3. The van der Waals surface area contributed by atoms with Crippen molar-refractivity contribution in [3.63, 3.8) is 0 Å². The summed E-state index contributed by atoms with van der Waals surface area (Å²) in [6.45, 7) is 0. The molecule has 0 saturated heterocycles. The zero-order valence-electron chi connectivity index (χ0n) is 8.62. The van der Waals surface area contributed by atoms with E-state index in [1.54, 1.807) is 11.3 Å². The smallest absolute Gasteiger partial charge is 0.312 e. The SMILES string of the molecule is O=C1ON=C(c2cccs2)/C1=C/c1cccs1. The van der Waals surface area contributed by atoms with Gasteiger partial charge in [0.1, 0.15) is 5.71 Å². The highest BCUT2D eigenvalue weighted by atomic mass is 32.1. The third-order valence-corrected chi connectivity index (χ3v) is 3.98. The maximum Gasteiger partial charge on any atom is 0.368 e. The van der Waals surface area contributed by atoms with Gasteiger partial charge in [-0.3, -0.25) is 0 Å². The Morgan fingerprint density at radius 2 is 2.00 bits per heavy atom. The second kappa shape index (κ2) is 4.27. The lowest BCUT2D eigenvalue weighted by Gasteiger charge is -1.94. The standard InChI is InChI=1S/C12H7NO2S2/c14-12-9(7-8-3-1-5-16-8)11(13-15-12)10-4-2-6-17-10/h1-7H/b9-7-. The quantitative estimate of drug-likeness (QED) is 0.615. The second-order valence-corrected chi connectivity index (χ2v) is 5.30. The number of carbonyl (C=O) groups is 1. The van der Waals surface area contributed by atoms with Crippen LogP contribution in [-0.2, 0) is 9.63 Å². The molecule has 84 valence electrons. The fourth-order valence-corrected chi connectivity index (χ4v) is 2.89. The van der Waals surface area contributed by atoms with Crippen LogP contribution in [0.3, 0.4) is 0 Å². The van der Waals surface area contributed by atoms with Crippen LogP contribution >= 0.6 is 22.7 Å². The molecule has 0 N–H and O–H groups in total. The second-order valence-electron chi connectivity index (χ2n) is 3.37. The van der Waals surface area contributed by atoms with Crippen molar-refractivity contribution < 1.29 is 9.63 Å². The maximum absolute atomic E-state index is 11.6. The summed E-state index contributed by atoms with van der Waals surface area (Å²) < 4.78 is 0. The minimum absolute atomic E-state index is 0.387. The van der Waals surface area contributed by atoms with Crippen LogP contribution in [0.2, 0.25) is 0 Å². The molecule has 0 unspecified atom stereocenters. The van der Waals surface area contributed by atoms with Gasteiger partial charge in [-0.15, -0.1) is 22.7 Å². The lowest BCUT2D eigenvalue weighted by Crippen LogP contribution is -2.04. The van der Waals surface area contributed by atoms with E-state index in [0.717, 1.165) is 9.75 Å². The van der Waals surface area contributed by atoms with Crippen molar-refractivity contribution in [1.29, 1.82) is 0 Å². The van der Waals surface area contributed by atoms with Crippen LogP contribution < -0.4 is 0 Å². The molecule has 0 atom stereocenters. The molecule has 3 rings (SSSR count). The molecule has 1 aliphatic rings. The van der Waals surface area contributed by atoms with E-state index < -0.39 is 0 Å². The number of thiophene rings is 2. The maximum atomic E-state index is 11.6. The van der Waals surface area contributed by atoms with Crippen molar-refractivity contribution in [3.8, 4) is 0 Å². The normalized spacial score (nSPS) is 17.3. The van der Waals surface area contributed by atoms with E-state index in [1.165, 1.54) is 11.3 Å². The lowest BCUT2D eigenvalue weighted by molar-refractivity contribution is -0.136. The van der Waals surface area contributed by atoms with E-state index in [0.29, 0.717) is 11.3 Å². The van der Waals surface area contributed by atoms with Crippen molar-refractivity contribution in [1.82, 2.24) is 0 Å². The Morgan fingerprint density at radius 3 is 2.71 bits per heavy atom. The summed E-state index contributed by atoms with van der Waals surface area (Å²) in [5.41, 5.74) is 1.15. The molecule has 0 saturated carbocycles. The number of hydrogen-bond acceptors (Lipinski definition) is 5. The minimum atomic E-state index is -0.387. The molecule has 5 heteroatoms. The first kappa shape index (κ1) is 10.4. The first-order valence-electron chi connectivity index (χ1n) is 4.93. The molecule has 0 aliphatic carbocycles. The highest BCUT2D eigenvalue weighted by Crippen LogP contribution is 2.24. The van der Waals surface area contributed by atoms with E-state index in [2.05, 4.69) is 5.16 Å². The highest BCUT2D eigenvalue weighted by molar-refractivity contribution is 7.12. The summed E-state index contributed by atoms with van der Waals surface area (Å²) in [4.78, 5) is 18.3. The van der Waals surface area contributed by atoms with E-state index in [9.17, 15) is 4.79 Å². The van der Waals surface area contributed by atoms with Gasteiger partial charge in [-0.2, -0.15) is 0 Å². The predicted molar refractivity (Wildman–Crippen MR) is 69.2 cm³/mol. The Balaban J connectivity index is 2.03. The van der Waals surface area contributed by atoms with E-state index in [1.807, 2.05) is 41.1 Å². The van der Waals surface area contributed by atoms with Gasteiger partial charge in [0.05, 0.1) is 10.5 Å². The van der Waals surface area contributed by atoms with Gasteiger partial charge in [0, 0.05) is 4.88 Å². The monoisotopic (exact) mass is 261 g/mol. The highest BCUT2D eigenvalue weighted by Gasteiger charge is 2.27. The molecular weight excluding hydrogens is 254 g/mol. The van der Waals surface area contributed by atoms with Gasteiger partial charge in [0.15, 0.2) is 0 Å². The zero-order chi connectivity index (χ0) is 11.7. The Labute approximate surface area is 106 Å². The third-order valence-electron chi connectivity index (χ3n) is 2.28. The van der Waals surface area contributed by atoms with Crippen LogP contribution in [-0.4, -0.2) is 11.7 Å². The summed E-state index contributed by atoms with van der Waals surface area (Å²) in [5.74, 6) is -0.387. The van der Waals surface area contributed by atoms with Crippen molar-refractivity contribution in [3.05, 3.63) is 50.4 Å². The van der Waals surface area contributed by atoms with Crippen LogP contribution in [0, 0.1) is 0 Å². The third kappa shape index (κ3) is 1.94. The molecule has 17 heavy (non-hydrogen) atoms. The van der Waals surface area contributed by atoms with Gasteiger partial charge in [0.25, 0.3) is 0 Å².